The molecule has 0 radical (unpaired) electrons. The van der Waals surface area contributed by atoms with Gasteiger partial charge in [-0.2, -0.15) is 0 Å². The number of hydrogen-bond acceptors (Lipinski definition) is 6. The van der Waals surface area contributed by atoms with Gasteiger partial charge in [0.25, 0.3) is 0 Å². The Morgan fingerprint density at radius 3 is 2.41 bits per heavy atom. The fourth-order valence-corrected chi connectivity index (χ4v) is 6.15. The monoisotopic (exact) mass is 494 g/mol. The van der Waals surface area contributed by atoms with Crippen LogP contribution in [0.3, 0.4) is 0 Å². The number of rotatable bonds is 8. The molecule has 1 aromatic heterocycles. The lowest BCUT2D eigenvalue weighted by atomic mass is 10.1. The fourth-order valence-electron chi connectivity index (χ4n) is 3.76. The van der Waals surface area contributed by atoms with Crippen molar-refractivity contribution in [3.05, 3.63) is 83.4 Å². The smallest absolute Gasteiger partial charge is 0.230 e. The van der Waals surface area contributed by atoms with Crippen LogP contribution in [0.5, 0.6) is 5.75 Å². The summed E-state index contributed by atoms with van der Waals surface area (Å²) in [5.41, 5.74) is 3.99. The van der Waals surface area contributed by atoms with Crippen molar-refractivity contribution in [2.24, 2.45) is 0 Å². The van der Waals surface area contributed by atoms with E-state index in [1.54, 1.807) is 17.0 Å². The average Bonchev–Trinajstić information content (AvgIpc) is 3.26. The molecule has 0 spiro atoms. The van der Waals surface area contributed by atoms with Crippen LogP contribution >= 0.6 is 11.3 Å². The van der Waals surface area contributed by atoms with E-state index in [1.165, 1.54) is 30.6 Å². The first kappa shape index (κ1) is 23.9. The van der Waals surface area contributed by atoms with Gasteiger partial charge < -0.3 is 4.74 Å². The molecular formula is C26H26N2O4S2. The van der Waals surface area contributed by atoms with Gasteiger partial charge in [-0.15, -0.1) is 0 Å². The Balaban J connectivity index is 1.61. The lowest BCUT2D eigenvalue weighted by Crippen LogP contribution is -2.31. The lowest BCUT2D eigenvalue weighted by Gasteiger charge is -2.20. The van der Waals surface area contributed by atoms with E-state index < -0.39 is 9.84 Å². The van der Waals surface area contributed by atoms with E-state index in [0.29, 0.717) is 17.4 Å². The van der Waals surface area contributed by atoms with Crippen LogP contribution in [0.15, 0.2) is 71.6 Å². The van der Waals surface area contributed by atoms with E-state index in [9.17, 15) is 13.2 Å². The molecule has 8 heteroatoms. The van der Waals surface area contributed by atoms with Crippen LogP contribution in [-0.2, 0) is 21.2 Å². The van der Waals surface area contributed by atoms with Gasteiger partial charge in [-0.3, -0.25) is 9.69 Å². The maximum Gasteiger partial charge on any atom is 0.230 e. The van der Waals surface area contributed by atoms with Gasteiger partial charge in [-0.25, -0.2) is 13.4 Å². The summed E-state index contributed by atoms with van der Waals surface area (Å²) in [7, 11) is -2.10. The first-order chi connectivity index (χ1) is 16.3. The highest BCUT2D eigenvalue weighted by molar-refractivity contribution is 7.91. The second-order valence-electron chi connectivity index (χ2n) is 8.13. The predicted octanol–water partition coefficient (Wildman–Crippen LogP) is 5.32. The number of nitrogens with zero attached hydrogens (tertiary/aromatic N) is 2. The van der Waals surface area contributed by atoms with Crippen molar-refractivity contribution in [3.8, 4) is 5.75 Å². The number of carbonyl (C=O) groups excluding carboxylic acids is 1. The number of aromatic nitrogens is 1. The van der Waals surface area contributed by atoms with E-state index >= 15 is 0 Å². The lowest BCUT2D eigenvalue weighted by molar-refractivity contribution is -0.118. The molecule has 4 rings (SSSR count). The standard InChI is InChI=1S/C26H26N2O4S2/c1-18-15-19(2)25-23(16-18)33-26(27-25)28(17-20-7-5-4-6-8-20)24(29)13-14-34(30,31)22-11-9-21(32-3)10-12-22/h4-12,15-16H,13-14,17H2,1-3H3. The van der Waals surface area contributed by atoms with E-state index in [1.807, 2.05) is 44.2 Å². The number of anilines is 1. The summed E-state index contributed by atoms with van der Waals surface area (Å²) in [6.07, 6.45) is -0.144. The van der Waals surface area contributed by atoms with E-state index in [4.69, 9.17) is 9.72 Å². The van der Waals surface area contributed by atoms with Crippen molar-refractivity contribution >= 4 is 42.4 Å². The van der Waals surface area contributed by atoms with Crippen molar-refractivity contribution < 1.29 is 17.9 Å². The topological polar surface area (TPSA) is 76.6 Å². The summed E-state index contributed by atoms with van der Waals surface area (Å²) in [4.78, 5) is 19.9. The number of thiazole rings is 1. The van der Waals surface area contributed by atoms with Crippen LogP contribution in [0, 0.1) is 13.8 Å². The van der Waals surface area contributed by atoms with Crippen LogP contribution < -0.4 is 9.64 Å². The van der Waals surface area contributed by atoms with Gasteiger partial charge in [0.15, 0.2) is 15.0 Å². The average molecular weight is 495 g/mol. The van der Waals surface area contributed by atoms with E-state index in [2.05, 4.69) is 12.1 Å². The first-order valence-corrected chi connectivity index (χ1v) is 13.3. The molecule has 1 amide bonds. The second-order valence-corrected chi connectivity index (χ2v) is 11.3. The summed E-state index contributed by atoms with van der Waals surface area (Å²) in [6.45, 7) is 4.35. The van der Waals surface area contributed by atoms with Crippen LogP contribution in [0.1, 0.15) is 23.1 Å². The summed E-state index contributed by atoms with van der Waals surface area (Å²) in [5, 5.41) is 0.569. The molecule has 0 unspecified atom stereocenters. The third kappa shape index (κ3) is 5.29. The molecular weight excluding hydrogens is 468 g/mol. The molecule has 0 aliphatic carbocycles. The predicted molar refractivity (Wildman–Crippen MR) is 136 cm³/mol. The van der Waals surface area contributed by atoms with Gasteiger partial charge in [0.05, 0.1) is 34.5 Å². The molecule has 1 heterocycles. The van der Waals surface area contributed by atoms with Gasteiger partial charge in [0.1, 0.15) is 5.75 Å². The fraction of sp³-hybridized carbons (Fsp3) is 0.231. The van der Waals surface area contributed by atoms with Crippen LogP contribution in [0.25, 0.3) is 10.2 Å². The third-order valence-corrected chi connectivity index (χ3v) is 8.29. The van der Waals surface area contributed by atoms with Crippen LogP contribution in [0.2, 0.25) is 0 Å². The highest BCUT2D eigenvalue weighted by atomic mass is 32.2. The number of ether oxygens (including phenoxy) is 1. The molecule has 34 heavy (non-hydrogen) atoms. The number of sulfone groups is 1. The zero-order valence-corrected chi connectivity index (χ0v) is 20.9. The van der Waals surface area contributed by atoms with Gasteiger partial charge in [0.2, 0.25) is 5.91 Å². The zero-order valence-electron chi connectivity index (χ0n) is 19.3. The van der Waals surface area contributed by atoms with E-state index in [-0.39, 0.29) is 23.0 Å². The van der Waals surface area contributed by atoms with Crippen molar-refractivity contribution in [2.45, 2.75) is 31.7 Å². The number of fused-ring (bicyclic) bond motifs is 1. The number of amides is 1. The molecule has 6 nitrogen and oxygen atoms in total. The van der Waals surface area contributed by atoms with Crippen molar-refractivity contribution in [1.29, 1.82) is 0 Å². The normalized spacial score (nSPS) is 11.5. The molecule has 176 valence electrons. The number of benzene rings is 3. The van der Waals surface area contributed by atoms with Crippen molar-refractivity contribution in [1.82, 2.24) is 4.98 Å². The van der Waals surface area contributed by atoms with Crippen molar-refractivity contribution in [2.75, 3.05) is 17.8 Å². The number of aryl methyl sites for hydroxylation is 2. The molecule has 4 aromatic rings. The van der Waals surface area contributed by atoms with Crippen LogP contribution in [-0.4, -0.2) is 32.2 Å². The Kier molecular flexibility index (Phi) is 7.00. The zero-order chi connectivity index (χ0) is 24.3. The summed E-state index contributed by atoms with van der Waals surface area (Å²) in [6, 6.07) is 20.0. The first-order valence-electron chi connectivity index (χ1n) is 10.9. The Hall–Kier alpha value is -3.23. The molecule has 0 fully saturated rings. The van der Waals surface area contributed by atoms with Crippen LogP contribution in [0.4, 0.5) is 5.13 Å². The third-order valence-electron chi connectivity index (χ3n) is 5.54. The molecule has 0 saturated carbocycles. The van der Waals surface area contributed by atoms with Crippen molar-refractivity contribution in [3.63, 3.8) is 0 Å². The molecule has 3 aromatic carbocycles. The molecule has 0 N–H and O–H groups in total. The minimum atomic E-state index is -3.63. The van der Waals surface area contributed by atoms with Gasteiger partial charge >= 0.3 is 0 Å². The quantitative estimate of drug-likeness (QED) is 0.331. The van der Waals surface area contributed by atoms with Gasteiger partial charge in [0, 0.05) is 6.42 Å². The maximum atomic E-state index is 13.4. The minimum Gasteiger partial charge on any atom is -0.497 e. The highest BCUT2D eigenvalue weighted by Gasteiger charge is 2.24. The Labute approximate surface area is 203 Å². The summed E-state index contributed by atoms with van der Waals surface area (Å²) < 4.78 is 31.8. The second kappa shape index (κ2) is 9.95. The highest BCUT2D eigenvalue weighted by Crippen LogP contribution is 2.33. The Morgan fingerprint density at radius 1 is 1.03 bits per heavy atom. The number of carbonyl (C=O) groups is 1. The van der Waals surface area contributed by atoms with Gasteiger partial charge in [-0.1, -0.05) is 47.7 Å². The molecule has 0 saturated heterocycles. The molecule has 0 aliphatic heterocycles. The molecule has 0 bridgehead atoms. The number of hydrogen-bond donors (Lipinski definition) is 0. The molecule has 0 aliphatic rings. The summed E-state index contributed by atoms with van der Waals surface area (Å²) in [5.74, 6) is 0.00625. The Morgan fingerprint density at radius 2 is 1.74 bits per heavy atom. The SMILES string of the molecule is COc1ccc(S(=O)(=O)CCC(=O)N(Cc2ccccc2)c2nc3c(C)cc(C)cc3s2)cc1. The summed E-state index contributed by atoms with van der Waals surface area (Å²) >= 11 is 1.45. The van der Waals surface area contributed by atoms with Gasteiger partial charge in [-0.05, 0) is 60.9 Å². The minimum absolute atomic E-state index is 0.144. The Bertz CT molecular complexity index is 1410. The molecule has 0 atom stereocenters. The number of methoxy groups -OCH3 is 1. The maximum absolute atomic E-state index is 13.4. The largest absolute Gasteiger partial charge is 0.497 e. The van der Waals surface area contributed by atoms with E-state index in [0.717, 1.165) is 26.9 Å².